The van der Waals surface area contributed by atoms with E-state index in [-0.39, 0.29) is 18.3 Å². The Kier molecular flexibility index (Phi) is 5.27. The second-order valence-corrected chi connectivity index (χ2v) is 5.96. The molecule has 1 heterocycles. The molecule has 5 heteroatoms. The molecule has 26 heavy (non-hydrogen) atoms. The molecular formula is C21H21NO4. The third-order valence-corrected chi connectivity index (χ3v) is 3.98. The summed E-state index contributed by atoms with van der Waals surface area (Å²) in [4.78, 5) is 12.3. The maximum absolute atomic E-state index is 12.3. The molecule has 134 valence electrons. The van der Waals surface area contributed by atoms with Crippen LogP contribution in [-0.2, 0) is 6.61 Å². The Balaban J connectivity index is 1.64. The average Bonchev–Trinajstić information content (AvgIpc) is 3.10. The Hall–Kier alpha value is -3.21. The molecule has 0 aliphatic rings. The number of anilines is 1. The van der Waals surface area contributed by atoms with Gasteiger partial charge in [0.25, 0.3) is 5.91 Å². The minimum absolute atomic E-state index is 0.230. The topological polar surface area (TPSA) is 60.7 Å². The predicted molar refractivity (Wildman–Crippen MR) is 99.9 cm³/mol. The number of hydrogen-bond acceptors (Lipinski definition) is 4. The molecule has 0 aliphatic carbocycles. The zero-order chi connectivity index (χ0) is 18.5. The molecule has 0 radical (unpaired) electrons. The molecule has 3 rings (SSSR count). The van der Waals surface area contributed by atoms with E-state index >= 15 is 0 Å². The zero-order valence-electron chi connectivity index (χ0n) is 15.0. The summed E-state index contributed by atoms with van der Waals surface area (Å²) in [6.45, 7) is 4.26. The third-order valence-electron chi connectivity index (χ3n) is 3.98. The van der Waals surface area contributed by atoms with Crippen molar-refractivity contribution < 1.29 is 18.7 Å². The minimum atomic E-state index is -0.323. The van der Waals surface area contributed by atoms with Gasteiger partial charge in [-0.1, -0.05) is 24.3 Å². The molecule has 2 aromatic carbocycles. The molecule has 1 aromatic heterocycles. The van der Waals surface area contributed by atoms with Crippen molar-refractivity contribution in [2.24, 2.45) is 0 Å². The van der Waals surface area contributed by atoms with E-state index in [1.54, 1.807) is 37.4 Å². The van der Waals surface area contributed by atoms with Crippen molar-refractivity contribution in [3.63, 3.8) is 0 Å². The smallest absolute Gasteiger partial charge is 0.291 e. The van der Waals surface area contributed by atoms with E-state index < -0.39 is 0 Å². The van der Waals surface area contributed by atoms with Crippen molar-refractivity contribution in [2.45, 2.75) is 20.5 Å². The van der Waals surface area contributed by atoms with Crippen LogP contribution >= 0.6 is 0 Å². The highest BCUT2D eigenvalue weighted by Gasteiger charge is 2.13. The molecule has 0 atom stereocenters. The second kappa shape index (κ2) is 7.78. The van der Waals surface area contributed by atoms with E-state index in [1.165, 1.54) is 0 Å². The van der Waals surface area contributed by atoms with Gasteiger partial charge in [0.2, 0.25) is 0 Å². The number of ether oxygens (including phenoxy) is 2. The number of rotatable bonds is 6. The standard InChI is InChI=1S/C21H21NO4/c1-14-6-4-7-15(2)20(14)25-13-18-10-11-19(26-18)21(23)22-16-8-5-9-17(12-16)24-3/h4-12H,13H2,1-3H3,(H,22,23). The molecule has 0 aliphatic heterocycles. The van der Waals surface area contributed by atoms with Gasteiger partial charge in [0.15, 0.2) is 5.76 Å². The molecular weight excluding hydrogens is 330 g/mol. The third kappa shape index (κ3) is 4.06. The van der Waals surface area contributed by atoms with Gasteiger partial charge < -0.3 is 19.2 Å². The first-order valence-electron chi connectivity index (χ1n) is 8.30. The van der Waals surface area contributed by atoms with Crippen LogP contribution in [0.1, 0.15) is 27.4 Å². The Morgan fingerprint density at radius 3 is 2.50 bits per heavy atom. The van der Waals surface area contributed by atoms with Crippen molar-refractivity contribution in [1.82, 2.24) is 0 Å². The molecule has 0 spiro atoms. The highest BCUT2D eigenvalue weighted by atomic mass is 16.5. The van der Waals surface area contributed by atoms with Crippen LogP contribution in [0, 0.1) is 13.8 Å². The van der Waals surface area contributed by atoms with Gasteiger partial charge in [-0.3, -0.25) is 4.79 Å². The van der Waals surface area contributed by atoms with Crippen LogP contribution in [0.5, 0.6) is 11.5 Å². The highest BCUT2D eigenvalue weighted by molar-refractivity contribution is 6.02. The van der Waals surface area contributed by atoms with E-state index in [0.717, 1.165) is 16.9 Å². The molecule has 0 bridgehead atoms. The largest absolute Gasteiger partial charge is 0.497 e. The molecule has 1 N–H and O–H groups in total. The van der Waals surface area contributed by atoms with Gasteiger partial charge in [-0.2, -0.15) is 0 Å². The fourth-order valence-corrected chi connectivity index (χ4v) is 2.64. The lowest BCUT2D eigenvalue weighted by Gasteiger charge is -2.10. The first kappa shape index (κ1) is 17.6. The number of benzene rings is 2. The van der Waals surface area contributed by atoms with Crippen LogP contribution < -0.4 is 14.8 Å². The summed E-state index contributed by atoms with van der Waals surface area (Å²) in [5, 5.41) is 2.78. The SMILES string of the molecule is COc1cccc(NC(=O)c2ccc(COc3c(C)cccc3C)o2)c1. The Morgan fingerprint density at radius 2 is 1.77 bits per heavy atom. The monoisotopic (exact) mass is 351 g/mol. The minimum Gasteiger partial charge on any atom is -0.497 e. The van der Waals surface area contributed by atoms with Crippen LogP contribution in [0.2, 0.25) is 0 Å². The number of methoxy groups -OCH3 is 1. The quantitative estimate of drug-likeness (QED) is 0.697. The molecule has 0 saturated carbocycles. The Morgan fingerprint density at radius 1 is 1.04 bits per heavy atom. The van der Waals surface area contributed by atoms with Crippen LogP contribution in [0.25, 0.3) is 0 Å². The van der Waals surface area contributed by atoms with Gasteiger partial charge in [0.05, 0.1) is 7.11 Å². The van der Waals surface area contributed by atoms with Gasteiger partial charge in [-0.25, -0.2) is 0 Å². The summed E-state index contributed by atoms with van der Waals surface area (Å²) in [5.74, 6) is 2.00. The van der Waals surface area contributed by atoms with E-state index in [2.05, 4.69) is 5.32 Å². The lowest BCUT2D eigenvalue weighted by Crippen LogP contribution is -2.10. The number of amides is 1. The number of aryl methyl sites for hydroxylation is 2. The lowest BCUT2D eigenvalue weighted by atomic mass is 10.1. The average molecular weight is 351 g/mol. The van der Waals surface area contributed by atoms with Crippen molar-refractivity contribution in [1.29, 1.82) is 0 Å². The van der Waals surface area contributed by atoms with Gasteiger partial charge in [-0.15, -0.1) is 0 Å². The predicted octanol–water partition coefficient (Wildman–Crippen LogP) is 4.74. The molecule has 0 unspecified atom stereocenters. The van der Waals surface area contributed by atoms with E-state index in [1.807, 2.05) is 38.1 Å². The summed E-state index contributed by atoms with van der Waals surface area (Å²) in [5.41, 5.74) is 2.76. The van der Waals surface area contributed by atoms with Gasteiger partial charge >= 0.3 is 0 Å². The number of nitrogens with one attached hydrogen (secondary N) is 1. The normalized spacial score (nSPS) is 10.4. The van der Waals surface area contributed by atoms with E-state index in [0.29, 0.717) is 17.2 Å². The summed E-state index contributed by atoms with van der Waals surface area (Å²) in [6.07, 6.45) is 0. The first-order valence-corrected chi connectivity index (χ1v) is 8.30. The number of furan rings is 1. The van der Waals surface area contributed by atoms with Crippen molar-refractivity contribution in [2.75, 3.05) is 12.4 Å². The summed E-state index contributed by atoms with van der Waals surface area (Å²) >= 11 is 0. The van der Waals surface area contributed by atoms with Crippen molar-refractivity contribution in [3.05, 3.63) is 77.2 Å². The zero-order valence-corrected chi connectivity index (χ0v) is 15.0. The Labute approximate surface area is 152 Å². The molecule has 1 amide bonds. The van der Waals surface area contributed by atoms with Crippen LogP contribution in [0.4, 0.5) is 5.69 Å². The first-order chi connectivity index (χ1) is 12.6. The fourth-order valence-electron chi connectivity index (χ4n) is 2.64. The van der Waals surface area contributed by atoms with Crippen molar-refractivity contribution in [3.8, 4) is 11.5 Å². The summed E-state index contributed by atoms with van der Waals surface area (Å²) in [7, 11) is 1.58. The van der Waals surface area contributed by atoms with Crippen LogP contribution in [0.15, 0.2) is 59.0 Å². The lowest BCUT2D eigenvalue weighted by molar-refractivity contribution is 0.0992. The van der Waals surface area contributed by atoms with Crippen LogP contribution in [0.3, 0.4) is 0 Å². The summed E-state index contributed by atoms with van der Waals surface area (Å²) in [6, 6.07) is 16.5. The number of carbonyl (C=O) groups excluding carboxylic acids is 1. The number of para-hydroxylation sites is 1. The fraction of sp³-hybridized carbons (Fsp3) is 0.190. The second-order valence-electron chi connectivity index (χ2n) is 5.96. The summed E-state index contributed by atoms with van der Waals surface area (Å²) < 4.78 is 16.6. The number of hydrogen-bond donors (Lipinski definition) is 1. The van der Waals surface area contributed by atoms with Crippen molar-refractivity contribution >= 4 is 11.6 Å². The van der Waals surface area contributed by atoms with E-state index in [4.69, 9.17) is 13.9 Å². The molecule has 0 fully saturated rings. The maximum Gasteiger partial charge on any atom is 0.291 e. The maximum atomic E-state index is 12.3. The van der Waals surface area contributed by atoms with Gasteiger partial charge in [0.1, 0.15) is 23.9 Å². The van der Waals surface area contributed by atoms with Gasteiger partial charge in [-0.05, 0) is 49.2 Å². The van der Waals surface area contributed by atoms with E-state index in [9.17, 15) is 4.79 Å². The molecule has 0 saturated heterocycles. The molecule has 5 nitrogen and oxygen atoms in total. The van der Waals surface area contributed by atoms with Crippen LogP contribution in [-0.4, -0.2) is 13.0 Å². The highest BCUT2D eigenvalue weighted by Crippen LogP contribution is 2.24. The Bertz CT molecular complexity index is 894. The molecule has 3 aromatic rings. The number of carbonyl (C=O) groups is 1. The van der Waals surface area contributed by atoms with Gasteiger partial charge in [0, 0.05) is 11.8 Å².